The topological polar surface area (TPSA) is 29.5 Å². The Balaban J connectivity index is 2.55. The lowest BCUT2D eigenvalue weighted by molar-refractivity contribution is -0.250. The summed E-state index contributed by atoms with van der Waals surface area (Å²) in [4.78, 5) is 0. The molecule has 0 saturated carbocycles. The van der Waals surface area contributed by atoms with Crippen molar-refractivity contribution in [2.24, 2.45) is 5.92 Å². The van der Waals surface area contributed by atoms with Gasteiger partial charge in [-0.1, -0.05) is 49.7 Å². The summed E-state index contributed by atoms with van der Waals surface area (Å²) in [6.45, 7) is 3.14. The number of hydrogen-bond acceptors (Lipinski definition) is 2. The van der Waals surface area contributed by atoms with Crippen molar-refractivity contribution in [2.75, 3.05) is 7.11 Å². The first-order chi connectivity index (χ1) is 11.1. The number of aliphatic hydroxyl groups is 1. The van der Waals surface area contributed by atoms with Crippen molar-refractivity contribution in [2.45, 2.75) is 38.0 Å². The van der Waals surface area contributed by atoms with Gasteiger partial charge in [0.25, 0.3) is 0 Å². The summed E-state index contributed by atoms with van der Waals surface area (Å²) in [5.41, 5.74) is -2.95. The smallest absolute Gasteiger partial charge is 0.422 e. The Morgan fingerprint density at radius 1 is 1.33 bits per heavy atom. The quantitative estimate of drug-likeness (QED) is 0.792. The van der Waals surface area contributed by atoms with Gasteiger partial charge in [-0.2, -0.15) is 13.2 Å². The molecule has 24 heavy (non-hydrogen) atoms. The van der Waals surface area contributed by atoms with Gasteiger partial charge < -0.3 is 9.84 Å². The van der Waals surface area contributed by atoms with Crippen LogP contribution in [-0.2, 0) is 0 Å². The summed E-state index contributed by atoms with van der Waals surface area (Å²) in [5, 5.41) is 10.9. The Kier molecular flexibility index (Phi) is 5.35. The summed E-state index contributed by atoms with van der Waals surface area (Å²) in [5.74, 6) is -0.911. The molecule has 132 valence electrons. The van der Waals surface area contributed by atoms with Crippen LogP contribution in [0.25, 0.3) is 0 Å². The molecule has 3 atom stereocenters. The van der Waals surface area contributed by atoms with E-state index in [1.54, 1.807) is 6.08 Å². The van der Waals surface area contributed by atoms with Gasteiger partial charge in [-0.05, 0) is 35.6 Å². The van der Waals surface area contributed by atoms with E-state index in [1.165, 1.54) is 44.4 Å². The second-order valence-corrected chi connectivity index (χ2v) is 6.52. The van der Waals surface area contributed by atoms with E-state index in [2.05, 4.69) is 0 Å². The highest BCUT2D eigenvalue weighted by atomic mass is 35.5. The number of halogens is 4. The highest BCUT2D eigenvalue weighted by molar-refractivity contribution is 6.31. The normalized spacial score (nSPS) is 21.8. The number of methoxy groups -OCH3 is 1. The lowest BCUT2D eigenvalue weighted by Gasteiger charge is -2.38. The minimum Gasteiger partial charge on any atom is -0.497 e. The second-order valence-electron chi connectivity index (χ2n) is 6.11. The fourth-order valence-electron chi connectivity index (χ4n) is 2.96. The Morgan fingerprint density at radius 3 is 2.50 bits per heavy atom. The predicted molar refractivity (Wildman–Crippen MR) is 88.4 cm³/mol. The van der Waals surface area contributed by atoms with Crippen LogP contribution in [0.3, 0.4) is 0 Å². The number of ether oxygens (including phenoxy) is 1. The third kappa shape index (κ3) is 3.33. The van der Waals surface area contributed by atoms with E-state index >= 15 is 0 Å². The highest BCUT2D eigenvalue weighted by Crippen LogP contribution is 2.49. The number of rotatable bonds is 4. The summed E-state index contributed by atoms with van der Waals surface area (Å²) in [7, 11) is 1.44. The molecule has 0 heterocycles. The molecule has 0 spiro atoms. The number of hydrogen-bond donors (Lipinski definition) is 1. The fraction of sp³-hybridized carbons (Fsp3) is 0.444. The summed E-state index contributed by atoms with van der Waals surface area (Å²) in [6, 6.07) is 4.43. The molecule has 1 aromatic carbocycles. The van der Waals surface area contributed by atoms with Gasteiger partial charge in [0, 0.05) is 10.9 Å². The molecule has 2 nitrogen and oxygen atoms in total. The van der Waals surface area contributed by atoms with Crippen LogP contribution in [0.5, 0.6) is 5.75 Å². The number of allylic oxidation sites excluding steroid dienone is 2. The molecule has 1 aliphatic rings. The van der Waals surface area contributed by atoms with E-state index < -0.39 is 17.7 Å². The van der Waals surface area contributed by atoms with Gasteiger partial charge in [-0.25, -0.2) is 0 Å². The van der Waals surface area contributed by atoms with Crippen molar-refractivity contribution in [3.05, 3.63) is 52.6 Å². The van der Waals surface area contributed by atoms with E-state index in [4.69, 9.17) is 16.3 Å². The van der Waals surface area contributed by atoms with Crippen LogP contribution in [0.1, 0.15) is 31.7 Å². The fourth-order valence-corrected chi connectivity index (χ4v) is 3.30. The molecule has 0 saturated heterocycles. The minimum atomic E-state index is -4.84. The van der Waals surface area contributed by atoms with Crippen LogP contribution in [0.15, 0.2) is 42.0 Å². The van der Waals surface area contributed by atoms with Gasteiger partial charge in [-0.15, -0.1) is 0 Å². The third-order valence-corrected chi connectivity index (χ3v) is 4.77. The maximum absolute atomic E-state index is 13.8. The Hall–Kier alpha value is -1.46. The minimum absolute atomic E-state index is 0.0718. The Morgan fingerprint density at radius 2 is 2.00 bits per heavy atom. The first-order valence-electron chi connectivity index (χ1n) is 7.62. The van der Waals surface area contributed by atoms with Gasteiger partial charge >= 0.3 is 6.18 Å². The van der Waals surface area contributed by atoms with Gasteiger partial charge in [0.05, 0.1) is 7.11 Å². The zero-order valence-corrected chi connectivity index (χ0v) is 14.4. The summed E-state index contributed by atoms with van der Waals surface area (Å²) >= 11 is 6.13. The SMILES string of the molecule is COc1ccc(C(C)C(O)(C2=CC(C)CC=C2)C(F)(F)F)c(Cl)c1. The Bertz CT molecular complexity index is 667. The molecule has 0 radical (unpaired) electrons. The van der Waals surface area contributed by atoms with Crippen molar-refractivity contribution < 1.29 is 23.0 Å². The van der Waals surface area contributed by atoms with Crippen LogP contribution < -0.4 is 4.74 Å². The molecular formula is C18H20ClF3O2. The first-order valence-corrected chi connectivity index (χ1v) is 8.00. The molecule has 0 amide bonds. The van der Waals surface area contributed by atoms with Crippen LogP contribution >= 0.6 is 11.6 Å². The van der Waals surface area contributed by atoms with Gasteiger partial charge in [0.15, 0.2) is 5.60 Å². The number of alkyl halides is 3. The van der Waals surface area contributed by atoms with E-state index in [9.17, 15) is 18.3 Å². The average molecular weight is 361 g/mol. The van der Waals surface area contributed by atoms with Crippen LogP contribution in [0, 0.1) is 5.92 Å². The Labute approximate surface area is 144 Å². The molecule has 3 unspecified atom stereocenters. The zero-order valence-electron chi connectivity index (χ0n) is 13.7. The zero-order chi connectivity index (χ0) is 18.1. The third-order valence-electron chi connectivity index (χ3n) is 4.44. The van der Waals surface area contributed by atoms with Crippen molar-refractivity contribution >= 4 is 11.6 Å². The van der Waals surface area contributed by atoms with Crippen molar-refractivity contribution in [3.63, 3.8) is 0 Å². The maximum atomic E-state index is 13.8. The lowest BCUT2D eigenvalue weighted by Crippen LogP contribution is -2.51. The first kappa shape index (κ1) is 18.9. The highest BCUT2D eigenvalue weighted by Gasteiger charge is 2.59. The number of benzene rings is 1. The lowest BCUT2D eigenvalue weighted by atomic mass is 9.75. The molecule has 6 heteroatoms. The monoisotopic (exact) mass is 360 g/mol. The van der Waals surface area contributed by atoms with E-state index in [0.29, 0.717) is 12.2 Å². The van der Waals surface area contributed by atoms with Crippen molar-refractivity contribution in [1.29, 1.82) is 0 Å². The van der Waals surface area contributed by atoms with Gasteiger partial charge in [-0.3, -0.25) is 0 Å². The van der Waals surface area contributed by atoms with Crippen LogP contribution in [0.2, 0.25) is 5.02 Å². The summed E-state index contributed by atoms with van der Waals surface area (Å²) in [6.07, 6.45) is 0.278. The average Bonchev–Trinajstić information content (AvgIpc) is 2.52. The van der Waals surface area contributed by atoms with E-state index in [0.717, 1.165) is 0 Å². The molecule has 0 aliphatic heterocycles. The standard InChI is InChI=1S/C18H20ClF3O2/c1-11-5-4-6-13(9-11)17(23,18(20,21)22)12(2)15-8-7-14(24-3)10-16(15)19/h4,6-12,23H,5H2,1-3H3. The molecule has 1 aliphatic carbocycles. The van der Waals surface area contributed by atoms with Gasteiger partial charge in [0.1, 0.15) is 5.75 Å². The molecular weight excluding hydrogens is 341 g/mol. The predicted octanol–water partition coefficient (Wildman–Crippen LogP) is 5.27. The molecule has 0 bridgehead atoms. The molecule has 1 aromatic rings. The maximum Gasteiger partial charge on any atom is 0.422 e. The van der Waals surface area contributed by atoms with E-state index in [1.807, 2.05) is 6.92 Å². The van der Waals surface area contributed by atoms with Gasteiger partial charge in [0.2, 0.25) is 0 Å². The molecule has 0 fully saturated rings. The summed E-state index contributed by atoms with van der Waals surface area (Å²) < 4.78 is 46.5. The van der Waals surface area contributed by atoms with Crippen molar-refractivity contribution in [3.8, 4) is 5.75 Å². The van der Waals surface area contributed by atoms with Crippen molar-refractivity contribution in [1.82, 2.24) is 0 Å². The molecule has 1 N–H and O–H groups in total. The largest absolute Gasteiger partial charge is 0.497 e. The van der Waals surface area contributed by atoms with Crippen LogP contribution in [-0.4, -0.2) is 24.0 Å². The molecule has 0 aromatic heterocycles. The van der Waals surface area contributed by atoms with E-state index in [-0.39, 0.29) is 22.1 Å². The molecule has 2 rings (SSSR count). The van der Waals surface area contributed by atoms with Crippen LogP contribution in [0.4, 0.5) is 13.2 Å². The second kappa shape index (κ2) is 6.81.